The zero-order valence-electron chi connectivity index (χ0n) is 16.4. The lowest BCUT2D eigenvalue weighted by molar-refractivity contribution is -0.122. The maximum absolute atomic E-state index is 13.1. The summed E-state index contributed by atoms with van der Waals surface area (Å²) < 4.78 is 27.5. The average Bonchev–Trinajstić information content (AvgIpc) is 3.17. The number of thioether (sulfide) groups is 1. The van der Waals surface area contributed by atoms with Gasteiger partial charge < -0.3 is 5.32 Å². The van der Waals surface area contributed by atoms with Crippen molar-refractivity contribution in [1.29, 1.82) is 0 Å². The molecule has 150 valence electrons. The van der Waals surface area contributed by atoms with Gasteiger partial charge in [0.15, 0.2) is 0 Å². The van der Waals surface area contributed by atoms with Crippen LogP contribution >= 0.6 is 11.8 Å². The lowest BCUT2D eigenvalue weighted by Gasteiger charge is -2.23. The molecule has 1 atom stereocenters. The number of amides is 1. The lowest BCUT2D eigenvalue weighted by atomic mass is 9.87. The summed E-state index contributed by atoms with van der Waals surface area (Å²) in [7, 11) is -3.73. The van der Waals surface area contributed by atoms with Crippen LogP contribution < -0.4 is 5.32 Å². The van der Waals surface area contributed by atoms with Crippen LogP contribution in [0.2, 0.25) is 0 Å². The summed E-state index contributed by atoms with van der Waals surface area (Å²) in [5, 5.41) is 2.12. The molecule has 1 amide bonds. The number of carbonyl (C=O) groups excluding carboxylic acids is 1. The lowest BCUT2D eigenvalue weighted by Crippen LogP contribution is -2.44. The number of nitrogens with one attached hydrogen (secondary N) is 1. The molecule has 2 aromatic carbocycles. The molecule has 2 aromatic rings. The number of benzene rings is 2. The summed E-state index contributed by atoms with van der Waals surface area (Å²) in [6.45, 7) is 6.96. The fraction of sp³-hybridized carbons (Fsp3) is 0.381. The molecule has 28 heavy (non-hydrogen) atoms. The monoisotopic (exact) mass is 418 g/mol. The minimum Gasteiger partial charge on any atom is -0.350 e. The fourth-order valence-corrected chi connectivity index (χ4v) is 6.14. The van der Waals surface area contributed by atoms with Gasteiger partial charge in [-0.05, 0) is 28.7 Å². The van der Waals surface area contributed by atoms with Crippen molar-refractivity contribution in [2.24, 2.45) is 0 Å². The molecular formula is C21H26N2O3S2. The van der Waals surface area contributed by atoms with E-state index in [1.54, 1.807) is 12.1 Å². The van der Waals surface area contributed by atoms with Gasteiger partial charge in [-0.3, -0.25) is 4.79 Å². The Morgan fingerprint density at radius 3 is 2.36 bits per heavy atom. The standard InChI is InChI=1S/C21H26N2O3S2/c1-21(2,3)17-9-11-18(12-10-17)28(25,26)23-13-14-27-20(23)19(24)22-15-16-7-5-4-6-8-16/h4-12,20H,13-15H2,1-3H3,(H,22,24). The van der Waals surface area contributed by atoms with Gasteiger partial charge in [-0.15, -0.1) is 11.8 Å². The molecule has 1 unspecified atom stereocenters. The number of rotatable bonds is 5. The Bertz CT molecular complexity index is 920. The highest BCUT2D eigenvalue weighted by atomic mass is 32.2. The molecular weight excluding hydrogens is 392 g/mol. The molecule has 0 aromatic heterocycles. The largest absolute Gasteiger partial charge is 0.350 e. The van der Waals surface area contributed by atoms with Crippen LogP contribution in [0.3, 0.4) is 0 Å². The van der Waals surface area contributed by atoms with Gasteiger partial charge in [0, 0.05) is 18.8 Å². The third-order valence-electron chi connectivity index (χ3n) is 4.71. The number of hydrogen-bond donors (Lipinski definition) is 1. The van der Waals surface area contributed by atoms with Crippen molar-refractivity contribution in [1.82, 2.24) is 9.62 Å². The van der Waals surface area contributed by atoms with Crippen LogP contribution in [0.15, 0.2) is 59.5 Å². The Labute approximate surface area is 171 Å². The van der Waals surface area contributed by atoms with Crippen molar-refractivity contribution in [2.75, 3.05) is 12.3 Å². The van der Waals surface area contributed by atoms with Crippen LogP contribution in [-0.4, -0.2) is 36.3 Å². The van der Waals surface area contributed by atoms with E-state index in [0.29, 0.717) is 18.8 Å². The van der Waals surface area contributed by atoms with Gasteiger partial charge in [0.25, 0.3) is 0 Å². The van der Waals surface area contributed by atoms with Crippen LogP contribution in [0.5, 0.6) is 0 Å². The van der Waals surface area contributed by atoms with E-state index in [4.69, 9.17) is 0 Å². The molecule has 1 heterocycles. The zero-order chi connectivity index (χ0) is 20.4. The first kappa shape index (κ1) is 20.9. The molecule has 0 bridgehead atoms. The van der Waals surface area contributed by atoms with Crippen LogP contribution in [0.25, 0.3) is 0 Å². The molecule has 1 N–H and O–H groups in total. The third kappa shape index (κ3) is 4.59. The van der Waals surface area contributed by atoms with Crippen molar-refractivity contribution in [3.05, 3.63) is 65.7 Å². The highest BCUT2D eigenvalue weighted by Crippen LogP contribution is 2.31. The van der Waals surface area contributed by atoms with Gasteiger partial charge in [0.1, 0.15) is 5.37 Å². The van der Waals surface area contributed by atoms with E-state index in [-0.39, 0.29) is 16.2 Å². The molecule has 0 radical (unpaired) electrons. The molecule has 5 nitrogen and oxygen atoms in total. The fourth-order valence-electron chi connectivity index (χ4n) is 3.04. The Kier molecular flexibility index (Phi) is 6.17. The number of sulfonamides is 1. The van der Waals surface area contributed by atoms with Gasteiger partial charge in [0.2, 0.25) is 15.9 Å². The smallest absolute Gasteiger partial charge is 0.249 e. The first-order valence-electron chi connectivity index (χ1n) is 9.25. The summed E-state index contributed by atoms with van der Waals surface area (Å²) >= 11 is 1.36. The van der Waals surface area contributed by atoms with Gasteiger partial charge in [-0.2, -0.15) is 4.31 Å². The minimum absolute atomic E-state index is 0.0500. The van der Waals surface area contributed by atoms with Crippen LogP contribution in [0, 0.1) is 0 Å². The van der Waals surface area contributed by atoms with Crippen LogP contribution in [-0.2, 0) is 26.8 Å². The Hall–Kier alpha value is -1.83. The molecule has 0 aliphatic carbocycles. The van der Waals surface area contributed by atoms with E-state index < -0.39 is 15.4 Å². The number of hydrogen-bond acceptors (Lipinski definition) is 4. The second kappa shape index (κ2) is 8.27. The first-order chi connectivity index (χ1) is 13.2. The molecule has 7 heteroatoms. The van der Waals surface area contributed by atoms with E-state index in [0.717, 1.165) is 11.1 Å². The van der Waals surface area contributed by atoms with Gasteiger partial charge >= 0.3 is 0 Å². The molecule has 1 aliphatic heterocycles. The predicted octanol–water partition coefficient (Wildman–Crippen LogP) is 3.36. The summed E-state index contributed by atoms with van der Waals surface area (Å²) in [5.41, 5.74) is 2.00. The Balaban J connectivity index is 1.74. The highest BCUT2D eigenvalue weighted by molar-refractivity contribution is 8.02. The SMILES string of the molecule is CC(C)(C)c1ccc(S(=O)(=O)N2CCSC2C(=O)NCc2ccccc2)cc1. The quantitative estimate of drug-likeness (QED) is 0.809. The van der Waals surface area contributed by atoms with Crippen molar-refractivity contribution < 1.29 is 13.2 Å². The molecule has 1 saturated heterocycles. The van der Waals surface area contributed by atoms with Crippen LogP contribution in [0.4, 0.5) is 0 Å². The average molecular weight is 419 g/mol. The summed E-state index contributed by atoms with van der Waals surface area (Å²) in [5.74, 6) is 0.323. The molecule has 0 saturated carbocycles. The molecule has 1 aliphatic rings. The minimum atomic E-state index is -3.73. The second-order valence-electron chi connectivity index (χ2n) is 7.82. The topological polar surface area (TPSA) is 66.5 Å². The van der Waals surface area contributed by atoms with E-state index in [9.17, 15) is 13.2 Å². The van der Waals surface area contributed by atoms with E-state index in [1.807, 2.05) is 42.5 Å². The summed E-state index contributed by atoms with van der Waals surface area (Å²) in [4.78, 5) is 12.9. The van der Waals surface area contributed by atoms with Gasteiger partial charge in [0.05, 0.1) is 4.90 Å². The van der Waals surface area contributed by atoms with E-state index in [2.05, 4.69) is 26.1 Å². The third-order valence-corrected chi connectivity index (χ3v) is 7.92. The van der Waals surface area contributed by atoms with Crippen molar-refractivity contribution >= 4 is 27.7 Å². The summed E-state index contributed by atoms with van der Waals surface area (Å²) in [6, 6.07) is 16.5. The van der Waals surface area contributed by atoms with Crippen molar-refractivity contribution in [2.45, 2.75) is 43.0 Å². The highest BCUT2D eigenvalue weighted by Gasteiger charge is 2.40. The maximum atomic E-state index is 13.1. The van der Waals surface area contributed by atoms with Gasteiger partial charge in [-0.25, -0.2) is 8.42 Å². The molecule has 0 spiro atoms. The molecule has 1 fully saturated rings. The van der Waals surface area contributed by atoms with Gasteiger partial charge in [-0.1, -0.05) is 63.2 Å². The molecule has 3 rings (SSSR count). The van der Waals surface area contributed by atoms with Crippen molar-refractivity contribution in [3.8, 4) is 0 Å². The Morgan fingerprint density at radius 2 is 1.75 bits per heavy atom. The van der Waals surface area contributed by atoms with Crippen molar-refractivity contribution in [3.63, 3.8) is 0 Å². The summed E-state index contributed by atoms with van der Waals surface area (Å²) in [6.07, 6.45) is 0. The van der Waals surface area contributed by atoms with E-state index in [1.165, 1.54) is 16.1 Å². The predicted molar refractivity (Wildman–Crippen MR) is 114 cm³/mol. The zero-order valence-corrected chi connectivity index (χ0v) is 18.0. The Morgan fingerprint density at radius 1 is 1.11 bits per heavy atom. The van der Waals surface area contributed by atoms with Crippen LogP contribution in [0.1, 0.15) is 31.9 Å². The number of carbonyl (C=O) groups is 1. The second-order valence-corrected chi connectivity index (χ2v) is 10.9. The van der Waals surface area contributed by atoms with E-state index >= 15 is 0 Å². The first-order valence-corrected chi connectivity index (χ1v) is 11.7. The normalized spacial score (nSPS) is 18.2. The maximum Gasteiger partial charge on any atom is 0.249 e. The number of nitrogens with zero attached hydrogens (tertiary/aromatic N) is 1.